The van der Waals surface area contributed by atoms with Crippen LogP contribution >= 0.6 is 0 Å². The SMILES string of the molecule is Cc1ccc(N)cc1C(=O)N1CCC2(CCOC2)C1. The van der Waals surface area contributed by atoms with Gasteiger partial charge in [-0.1, -0.05) is 6.07 Å². The normalized spacial score (nSPS) is 26.3. The summed E-state index contributed by atoms with van der Waals surface area (Å²) < 4.78 is 5.50. The highest BCUT2D eigenvalue weighted by Gasteiger charge is 2.42. The quantitative estimate of drug-likeness (QED) is 0.784. The maximum atomic E-state index is 12.6. The molecule has 1 atom stereocenters. The zero-order valence-corrected chi connectivity index (χ0v) is 11.3. The first kappa shape index (κ1) is 12.5. The Labute approximate surface area is 113 Å². The Morgan fingerprint density at radius 3 is 3.00 bits per heavy atom. The van der Waals surface area contributed by atoms with Crippen molar-refractivity contribution in [3.8, 4) is 0 Å². The molecule has 4 heteroatoms. The van der Waals surface area contributed by atoms with Crippen LogP contribution in [0.5, 0.6) is 0 Å². The topological polar surface area (TPSA) is 55.6 Å². The van der Waals surface area contributed by atoms with Crippen LogP contribution in [0.1, 0.15) is 28.8 Å². The fourth-order valence-corrected chi connectivity index (χ4v) is 3.12. The lowest BCUT2D eigenvalue weighted by Gasteiger charge is -2.22. The highest BCUT2D eigenvalue weighted by atomic mass is 16.5. The predicted octanol–water partition coefficient (Wildman–Crippen LogP) is 1.83. The van der Waals surface area contributed by atoms with Crippen LogP contribution in [-0.2, 0) is 4.74 Å². The molecule has 2 aliphatic rings. The fraction of sp³-hybridized carbons (Fsp3) is 0.533. The molecule has 1 unspecified atom stereocenters. The van der Waals surface area contributed by atoms with Crippen LogP contribution in [0, 0.1) is 12.3 Å². The minimum absolute atomic E-state index is 0.105. The summed E-state index contributed by atoms with van der Waals surface area (Å²) in [5, 5.41) is 0. The number of aryl methyl sites for hydroxylation is 1. The summed E-state index contributed by atoms with van der Waals surface area (Å²) in [6.07, 6.45) is 2.13. The summed E-state index contributed by atoms with van der Waals surface area (Å²) in [4.78, 5) is 14.5. The molecular weight excluding hydrogens is 240 g/mol. The van der Waals surface area contributed by atoms with Crippen molar-refractivity contribution < 1.29 is 9.53 Å². The number of carbonyl (C=O) groups excluding carboxylic acids is 1. The largest absolute Gasteiger partial charge is 0.399 e. The van der Waals surface area contributed by atoms with Crippen LogP contribution in [0.3, 0.4) is 0 Å². The van der Waals surface area contributed by atoms with Crippen molar-refractivity contribution in [2.24, 2.45) is 5.41 Å². The van der Waals surface area contributed by atoms with Crippen LogP contribution in [-0.4, -0.2) is 37.1 Å². The molecule has 2 N–H and O–H groups in total. The summed E-state index contributed by atoms with van der Waals surface area (Å²) in [6.45, 7) is 5.24. The summed E-state index contributed by atoms with van der Waals surface area (Å²) >= 11 is 0. The molecule has 0 aromatic heterocycles. The Bertz CT molecular complexity index is 507. The molecule has 2 aliphatic heterocycles. The van der Waals surface area contributed by atoms with Gasteiger partial charge in [-0.05, 0) is 37.5 Å². The number of anilines is 1. The number of rotatable bonds is 1. The Morgan fingerprint density at radius 1 is 1.42 bits per heavy atom. The van der Waals surface area contributed by atoms with E-state index in [1.165, 1.54) is 0 Å². The molecule has 0 aliphatic carbocycles. The Hall–Kier alpha value is -1.55. The van der Waals surface area contributed by atoms with E-state index in [1.807, 2.05) is 24.0 Å². The standard InChI is InChI=1S/C15H20N2O2/c1-11-2-3-12(16)8-13(11)14(18)17-6-4-15(9-17)5-7-19-10-15/h2-3,8H,4-7,9-10,16H2,1H3. The van der Waals surface area contributed by atoms with Gasteiger partial charge in [0.15, 0.2) is 0 Å². The van der Waals surface area contributed by atoms with Crippen LogP contribution in [0.2, 0.25) is 0 Å². The first-order chi connectivity index (χ1) is 9.10. The summed E-state index contributed by atoms with van der Waals surface area (Å²) in [5.41, 5.74) is 8.37. The van der Waals surface area contributed by atoms with Crippen molar-refractivity contribution in [1.82, 2.24) is 4.90 Å². The van der Waals surface area contributed by atoms with Crippen molar-refractivity contribution in [2.75, 3.05) is 32.0 Å². The maximum absolute atomic E-state index is 12.6. The van der Waals surface area contributed by atoms with Gasteiger partial charge in [-0.15, -0.1) is 0 Å². The molecule has 19 heavy (non-hydrogen) atoms. The van der Waals surface area contributed by atoms with Gasteiger partial charge < -0.3 is 15.4 Å². The Balaban J connectivity index is 1.79. The number of amides is 1. The molecule has 4 nitrogen and oxygen atoms in total. The molecule has 0 bridgehead atoms. The van der Waals surface area contributed by atoms with Crippen LogP contribution in [0.25, 0.3) is 0 Å². The highest BCUT2D eigenvalue weighted by molar-refractivity contribution is 5.96. The lowest BCUT2D eigenvalue weighted by molar-refractivity contribution is 0.0765. The van der Waals surface area contributed by atoms with E-state index in [0.29, 0.717) is 5.69 Å². The summed E-state index contributed by atoms with van der Waals surface area (Å²) in [7, 11) is 0. The van der Waals surface area contributed by atoms with Crippen molar-refractivity contribution >= 4 is 11.6 Å². The first-order valence-corrected chi connectivity index (χ1v) is 6.83. The molecule has 102 valence electrons. The van der Waals surface area contributed by atoms with Gasteiger partial charge in [-0.2, -0.15) is 0 Å². The molecule has 0 saturated carbocycles. The third-order valence-electron chi connectivity index (χ3n) is 4.40. The summed E-state index contributed by atoms with van der Waals surface area (Å²) in [5.74, 6) is 0.105. The van der Waals surface area contributed by atoms with Crippen molar-refractivity contribution in [2.45, 2.75) is 19.8 Å². The Morgan fingerprint density at radius 2 is 2.26 bits per heavy atom. The van der Waals surface area contributed by atoms with E-state index in [9.17, 15) is 4.79 Å². The zero-order valence-electron chi connectivity index (χ0n) is 11.3. The number of carbonyl (C=O) groups is 1. The number of likely N-dealkylation sites (tertiary alicyclic amines) is 1. The number of hydrogen-bond donors (Lipinski definition) is 1. The van der Waals surface area contributed by atoms with Gasteiger partial charge in [0.1, 0.15) is 0 Å². The second-order valence-electron chi connectivity index (χ2n) is 5.85. The van der Waals surface area contributed by atoms with Crippen molar-refractivity contribution in [1.29, 1.82) is 0 Å². The van der Waals surface area contributed by atoms with E-state index in [4.69, 9.17) is 10.5 Å². The van der Waals surface area contributed by atoms with Gasteiger partial charge in [0, 0.05) is 36.4 Å². The van der Waals surface area contributed by atoms with Gasteiger partial charge in [0.05, 0.1) is 6.61 Å². The van der Waals surface area contributed by atoms with E-state index in [2.05, 4.69) is 0 Å². The number of nitrogen functional groups attached to an aromatic ring is 1. The minimum Gasteiger partial charge on any atom is -0.399 e. The average Bonchev–Trinajstić information content (AvgIpc) is 3.03. The van der Waals surface area contributed by atoms with Gasteiger partial charge in [0.2, 0.25) is 0 Å². The van der Waals surface area contributed by atoms with E-state index < -0.39 is 0 Å². The third kappa shape index (κ3) is 2.21. The maximum Gasteiger partial charge on any atom is 0.254 e. The van der Waals surface area contributed by atoms with Crippen LogP contribution in [0.15, 0.2) is 18.2 Å². The monoisotopic (exact) mass is 260 g/mol. The highest BCUT2D eigenvalue weighted by Crippen LogP contribution is 2.38. The van der Waals surface area contributed by atoms with Crippen molar-refractivity contribution in [3.05, 3.63) is 29.3 Å². The molecule has 1 aromatic carbocycles. The van der Waals surface area contributed by atoms with E-state index in [1.54, 1.807) is 6.07 Å². The number of hydrogen-bond acceptors (Lipinski definition) is 3. The molecule has 2 saturated heterocycles. The third-order valence-corrected chi connectivity index (χ3v) is 4.40. The molecule has 1 amide bonds. The predicted molar refractivity (Wildman–Crippen MR) is 74.0 cm³/mol. The number of ether oxygens (including phenoxy) is 1. The van der Waals surface area contributed by atoms with Crippen LogP contribution in [0.4, 0.5) is 5.69 Å². The smallest absolute Gasteiger partial charge is 0.254 e. The molecule has 2 fully saturated rings. The van der Waals surface area contributed by atoms with Gasteiger partial charge in [-0.3, -0.25) is 4.79 Å². The first-order valence-electron chi connectivity index (χ1n) is 6.83. The van der Waals surface area contributed by atoms with Gasteiger partial charge >= 0.3 is 0 Å². The summed E-state index contributed by atoms with van der Waals surface area (Å²) in [6, 6.07) is 5.53. The fourth-order valence-electron chi connectivity index (χ4n) is 3.12. The molecular formula is C15H20N2O2. The average molecular weight is 260 g/mol. The van der Waals surface area contributed by atoms with Crippen LogP contribution < -0.4 is 5.73 Å². The molecule has 1 spiro atoms. The van der Waals surface area contributed by atoms with E-state index in [-0.39, 0.29) is 11.3 Å². The Kier molecular flexibility index (Phi) is 2.97. The molecule has 0 radical (unpaired) electrons. The molecule has 2 heterocycles. The van der Waals surface area contributed by atoms with E-state index in [0.717, 1.165) is 50.3 Å². The lowest BCUT2D eigenvalue weighted by Crippen LogP contribution is -2.32. The number of benzene rings is 1. The number of nitrogens with two attached hydrogens (primary N) is 1. The second-order valence-corrected chi connectivity index (χ2v) is 5.85. The van der Waals surface area contributed by atoms with Gasteiger partial charge in [-0.25, -0.2) is 0 Å². The molecule has 3 rings (SSSR count). The second kappa shape index (κ2) is 4.53. The minimum atomic E-state index is 0.105. The zero-order chi connectivity index (χ0) is 13.5. The van der Waals surface area contributed by atoms with E-state index >= 15 is 0 Å². The number of nitrogens with zero attached hydrogens (tertiary/aromatic N) is 1. The van der Waals surface area contributed by atoms with Gasteiger partial charge in [0.25, 0.3) is 5.91 Å². The lowest BCUT2D eigenvalue weighted by atomic mass is 9.87. The van der Waals surface area contributed by atoms with Crippen molar-refractivity contribution in [3.63, 3.8) is 0 Å². The molecule has 1 aromatic rings.